The Balaban J connectivity index is 0.00000144. The van der Waals surface area contributed by atoms with Crippen LogP contribution in [0.1, 0.15) is 0 Å². The number of hydrogen-bond donors (Lipinski definition) is 0. The second kappa shape index (κ2) is 5.69. The molecule has 0 heterocycles. The van der Waals surface area contributed by atoms with E-state index in [0.717, 1.165) is 0 Å². The van der Waals surface area contributed by atoms with Gasteiger partial charge in [0.25, 0.3) is 0 Å². The first-order valence-electron chi connectivity index (χ1n) is 3.31. The Morgan fingerprint density at radius 2 is 0.462 bits per heavy atom. The van der Waals surface area contributed by atoms with Crippen LogP contribution in [0.2, 0.25) is 0 Å². The van der Waals surface area contributed by atoms with Crippen LogP contribution in [0.25, 0.3) is 0 Å². The van der Waals surface area contributed by atoms with E-state index in [1.54, 1.807) is 0 Å². The first-order valence-corrected chi connectivity index (χ1v) is 5.93. The van der Waals surface area contributed by atoms with Crippen molar-refractivity contribution >= 4 is 69.6 Å². The molecule has 13 heavy (non-hydrogen) atoms. The summed E-state index contributed by atoms with van der Waals surface area (Å²) in [6, 6.07) is 0. The van der Waals surface area contributed by atoms with E-state index in [9.17, 15) is 0 Å². The summed E-state index contributed by atoms with van der Waals surface area (Å²) in [5.41, 5.74) is 0. The molecule has 1 aliphatic rings. The van der Waals surface area contributed by atoms with Gasteiger partial charge < -0.3 is 5.48 Å². The Labute approximate surface area is 107 Å². The standard InChI is InChI=1S/C6H6Cl6.H2O/c7-1-2(8)4(10)6(12)5(11)3(1)9;/h1-6H;1H2. The van der Waals surface area contributed by atoms with Gasteiger partial charge in [-0.15, -0.1) is 69.6 Å². The van der Waals surface area contributed by atoms with E-state index >= 15 is 0 Å². The van der Waals surface area contributed by atoms with Crippen molar-refractivity contribution in [3.8, 4) is 0 Å². The van der Waals surface area contributed by atoms with E-state index in [1.807, 2.05) is 0 Å². The lowest BCUT2D eigenvalue weighted by atomic mass is 9.97. The third-order valence-electron chi connectivity index (χ3n) is 1.83. The highest BCUT2D eigenvalue weighted by Crippen LogP contribution is 2.39. The van der Waals surface area contributed by atoms with Crippen molar-refractivity contribution in [1.29, 1.82) is 0 Å². The van der Waals surface area contributed by atoms with Crippen LogP contribution in [0.5, 0.6) is 0 Å². The van der Waals surface area contributed by atoms with Gasteiger partial charge in [0.1, 0.15) is 0 Å². The Morgan fingerprint density at radius 1 is 0.385 bits per heavy atom. The van der Waals surface area contributed by atoms with Crippen LogP contribution < -0.4 is 0 Å². The predicted molar refractivity (Wildman–Crippen MR) is 61.5 cm³/mol. The lowest BCUT2D eigenvalue weighted by Crippen LogP contribution is -2.52. The number of rotatable bonds is 0. The third-order valence-corrected chi connectivity index (χ3v) is 5.86. The third kappa shape index (κ3) is 2.84. The Hall–Kier alpha value is 1.70. The van der Waals surface area contributed by atoms with Crippen molar-refractivity contribution in [1.82, 2.24) is 0 Å². The Bertz CT molecular complexity index is 109. The summed E-state index contributed by atoms with van der Waals surface area (Å²) in [6.45, 7) is 0. The number of alkyl halides is 6. The van der Waals surface area contributed by atoms with Crippen LogP contribution in [0.15, 0.2) is 0 Å². The topological polar surface area (TPSA) is 31.5 Å². The van der Waals surface area contributed by atoms with Crippen LogP contribution >= 0.6 is 69.6 Å². The fraction of sp³-hybridized carbons (Fsp3) is 1.00. The highest BCUT2D eigenvalue weighted by atomic mass is 35.5. The molecule has 0 aromatic rings. The Morgan fingerprint density at radius 3 is 0.538 bits per heavy atom. The largest absolute Gasteiger partial charge is 0.412 e. The molecule has 0 radical (unpaired) electrons. The molecule has 7 heteroatoms. The van der Waals surface area contributed by atoms with Gasteiger partial charge in [0.05, 0.1) is 32.3 Å². The van der Waals surface area contributed by atoms with Crippen molar-refractivity contribution in [3.63, 3.8) is 0 Å². The van der Waals surface area contributed by atoms with Crippen molar-refractivity contribution in [2.45, 2.75) is 32.3 Å². The van der Waals surface area contributed by atoms with Crippen LogP contribution in [0.3, 0.4) is 0 Å². The zero-order valence-corrected chi connectivity index (χ0v) is 10.8. The molecule has 80 valence electrons. The summed E-state index contributed by atoms with van der Waals surface area (Å²) in [5.74, 6) is 0. The fourth-order valence-electron chi connectivity index (χ4n) is 1.05. The fourth-order valence-corrected chi connectivity index (χ4v) is 3.38. The van der Waals surface area contributed by atoms with Gasteiger partial charge in [-0.1, -0.05) is 0 Å². The minimum Gasteiger partial charge on any atom is -0.412 e. The summed E-state index contributed by atoms with van der Waals surface area (Å²) in [7, 11) is 0. The quantitative estimate of drug-likeness (QED) is 0.616. The van der Waals surface area contributed by atoms with Gasteiger partial charge in [0.2, 0.25) is 0 Å². The van der Waals surface area contributed by atoms with Crippen LogP contribution in [0.4, 0.5) is 0 Å². The lowest BCUT2D eigenvalue weighted by molar-refractivity contribution is 0.544. The summed E-state index contributed by atoms with van der Waals surface area (Å²) in [5, 5.41) is -2.62. The molecule has 0 amide bonds. The second-order valence-electron chi connectivity index (χ2n) is 2.67. The molecule has 1 saturated carbocycles. The smallest absolute Gasteiger partial charge is 0.0693 e. The Kier molecular flexibility index (Phi) is 6.44. The maximum absolute atomic E-state index is 5.88. The molecule has 0 aliphatic heterocycles. The van der Waals surface area contributed by atoms with Crippen LogP contribution in [-0.4, -0.2) is 37.7 Å². The molecule has 0 spiro atoms. The summed E-state index contributed by atoms with van der Waals surface area (Å²) < 4.78 is 0. The first kappa shape index (κ1) is 14.7. The number of hydrogen-bond acceptors (Lipinski definition) is 0. The molecule has 0 unspecified atom stereocenters. The minimum atomic E-state index is -0.437. The maximum atomic E-state index is 5.88. The van der Waals surface area contributed by atoms with E-state index < -0.39 is 32.3 Å². The molecule has 1 aliphatic carbocycles. The average molecular weight is 309 g/mol. The minimum absolute atomic E-state index is 0. The second-order valence-corrected chi connectivity index (χ2v) is 5.69. The van der Waals surface area contributed by atoms with Gasteiger partial charge in [-0.3, -0.25) is 0 Å². The molecular formula is C6H8Cl6O. The van der Waals surface area contributed by atoms with Gasteiger partial charge in [0.15, 0.2) is 0 Å². The highest BCUT2D eigenvalue weighted by Gasteiger charge is 2.46. The predicted octanol–water partition coefficient (Wildman–Crippen LogP) is 2.82. The molecule has 0 aromatic carbocycles. The monoisotopic (exact) mass is 306 g/mol. The molecule has 1 fully saturated rings. The van der Waals surface area contributed by atoms with Gasteiger partial charge in [0, 0.05) is 0 Å². The average Bonchev–Trinajstić information content (AvgIpc) is 2.08. The normalized spacial score (nSPS) is 51.2. The van der Waals surface area contributed by atoms with Crippen molar-refractivity contribution in [2.24, 2.45) is 0 Å². The number of halogens is 6. The highest BCUT2D eigenvalue weighted by molar-refractivity contribution is 6.45. The van der Waals surface area contributed by atoms with Gasteiger partial charge >= 0.3 is 0 Å². The molecule has 1 nitrogen and oxygen atoms in total. The van der Waals surface area contributed by atoms with Crippen molar-refractivity contribution in [3.05, 3.63) is 0 Å². The molecule has 0 aromatic heterocycles. The van der Waals surface area contributed by atoms with E-state index in [4.69, 9.17) is 69.6 Å². The molecule has 0 atom stereocenters. The van der Waals surface area contributed by atoms with E-state index in [1.165, 1.54) is 0 Å². The van der Waals surface area contributed by atoms with E-state index in [0.29, 0.717) is 0 Å². The van der Waals surface area contributed by atoms with E-state index in [-0.39, 0.29) is 5.48 Å². The summed E-state index contributed by atoms with van der Waals surface area (Å²) in [6.07, 6.45) is 0. The SMILES string of the molecule is ClC1C(Cl)C(Cl)C(Cl)C(Cl)C1Cl.O. The summed E-state index contributed by atoms with van der Waals surface area (Å²) in [4.78, 5) is 0. The molecular weight excluding hydrogens is 301 g/mol. The molecule has 2 N–H and O–H groups in total. The zero-order valence-electron chi connectivity index (χ0n) is 6.23. The lowest BCUT2D eigenvalue weighted by Gasteiger charge is -2.37. The first-order chi connectivity index (χ1) is 5.46. The van der Waals surface area contributed by atoms with Gasteiger partial charge in [-0.2, -0.15) is 0 Å². The zero-order chi connectivity index (χ0) is 9.46. The molecule has 0 bridgehead atoms. The van der Waals surface area contributed by atoms with E-state index in [2.05, 4.69) is 0 Å². The van der Waals surface area contributed by atoms with Gasteiger partial charge in [-0.25, -0.2) is 0 Å². The van der Waals surface area contributed by atoms with Crippen LogP contribution in [0, 0.1) is 0 Å². The van der Waals surface area contributed by atoms with Crippen molar-refractivity contribution < 1.29 is 5.48 Å². The molecule has 1 rings (SSSR count). The van der Waals surface area contributed by atoms with Crippen LogP contribution in [-0.2, 0) is 0 Å². The van der Waals surface area contributed by atoms with Gasteiger partial charge in [-0.05, 0) is 0 Å². The van der Waals surface area contributed by atoms with Crippen molar-refractivity contribution in [2.75, 3.05) is 0 Å². The summed E-state index contributed by atoms with van der Waals surface area (Å²) >= 11 is 35.3. The maximum Gasteiger partial charge on any atom is 0.0693 e. The molecule has 0 saturated heterocycles.